The second-order valence-electron chi connectivity index (χ2n) is 5.60. The molecule has 0 aliphatic carbocycles. The molecule has 7 nitrogen and oxygen atoms in total. The zero-order valence-electron chi connectivity index (χ0n) is 14.8. The van der Waals surface area contributed by atoms with Crippen LogP contribution in [0.25, 0.3) is 0 Å². The Kier molecular flexibility index (Phi) is 7.03. The zero-order chi connectivity index (χ0) is 20.0. The van der Waals surface area contributed by atoms with E-state index in [0.29, 0.717) is 11.1 Å². The highest BCUT2D eigenvalue weighted by molar-refractivity contribution is 7.18. The summed E-state index contributed by atoms with van der Waals surface area (Å²) < 4.78 is 22.9. The maximum Gasteiger partial charge on any atom is 0.341 e. The second kappa shape index (κ2) is 9.24. The summed E-state index contributed by atoms with van der Waals surface area (Å²) in [5, 5.41) is 2.78. The number of halogens is 1. The van der Waals surface area contributed by atoms with Crippen LogP contribution in [0.2, 0.25) is 0 Å². The van der Waals surface area contributed by atoms with Crippen molar-refractivity contribution in [1.82, 2.24) is 0 Å². The Balaban J connectivity index is 2.21. The minimum Gasteiger partial charge on any atom is -0.460 e. The fourth-order valence-electron chi connectivity index (χ4n) is 2.33. The number of primary amides is 1. The molecule has 0 aliphatic heterocycles. The van der Waals surface area contributed by atoms with Gasteiger partial charge >= 0.3 is 5.97 Å². The Labute approximate surface area is 159 Å². The topological polar surface area (TPSA) is 108 Å². The van der Waals surface area contributed by atoms with Crippen LogP contribution in [0.15, 0.2) is 24.3 Å². The highest BCUT2D eigenvalue weighted by atomic mass is 32.1. The van der Waals surface area contributed by atoms with Gasteiger partial charge in [-0.3, -0.25) is 9.59 Å². The zero-order valence-corrected chi connectivity index (χ0v) is 15.7. The van der Waals surface area contributed by atoms with E-state index in [-0.39, 0.29) is 35.1 Å². The molecule has 3 N–H and O–H groups in total. The second-order valence-corrected chi connectivity index (χ2v) is 6.63. The average Bonchev–Trinajstić information content (AvgIpc) is 2.93. The van der Waals surface area contributed by atoms with Gasteiger partial charge in [0, 0.05) is 7.11 Å². The highest BCUT2D eigenvalue weighted by Gasteiger charge is 2.25. The number of nitrogens with one attached hydrogen (secondary N) is 1. The Hall–Kier alpha value is -2.78. The van der Waals surface area contributed by atoms with E-state index in [2.05, 4.69) is 5.32 Å². The molecule has 0 atom stereocenters. The van der Waals surface area contributed by atoms with Gasteiger partial charge in [-0.1, -0.05) is 12.1 Å². The van der Waals surface area contributed by atoms with Crippen LogP contribution in [0, 0.1) is 12.7 Å². The lowest BCUT2D eigenvalue weighted by atomic mass is 10.1. The van der Waals surface area contributed by atoms with E-state index in [1.165, 1.54) is 31.4 Å². The number of hydrogen-bond donors (Lipinski definition) is 2. The van der Waals surface area contributed by atoms with Crippen LogP contribution in [-0.4, -0.2) is 38.1 Å². The molecule has 1 aromatic carbocycles. The van der Waals surface area contributed by atoms with Crippen LogP contribution in [0.4, 0.5) is 9.39 Å². The first-order valence-corrected chi connectivity index (χ1v) is 8.78. The van der Waals surface area contributed by atoms with Crippen LogP contribution < -0.4 is 11.1 Å². The predicted molar refractivity (Wildman–Crippen MR) is 98.5 cm³/mol. The van der Waals surface area contributed by atoms with Crippen molar-refractivity contribution in [1.29, 1.82) is 0 Å². The lowest BCUT2D eigenvalue weighted by molar-refractivity contribution is -0.115. The van der Waals surface area contributed by atoms with E-state index in [0.717, 1.165) is 11.3 Å². The smallest absolute Gasteiger partial charge is 0.341 e. The van der Waals surface area contributed by atoms with Crippen molar-refractivity contribution in [3.05, 3.63) is 51.7 Å². The van der Waals surface area contributed by atoms with Gasteiger partial charge in [0.25, 0.3) is 5.91 Å². The molecule has 2 amide bonds. The third-order valence-corrected chi connectivity index (χ3v) is 4.85. The third kappa shape index (κ3) is 5.35. The summed E-state index contributed by atoms with van der Waals surface area (Å²) in [6, 6.07) is 5.48. The van der Waals surface area contributed by atoms with Gasteiger partial charge in [0.05, 0.1) is 23.5 Å². The van der Waals surface area contributed by atoms with Crippen LogP contribution >= 0.6 is 11.3 Å². The number of ether oxygens (including phenoxy) is 2. The molecule has 0 aliphatic rings. The molecular formula is C18H19FN2O5S. The first-order valence-electron chi connectivity index (χ1n) is 7.97. The summed E-state index contributed by atoms with van der Waals surface area (Å²) in [6.07, 6.45) is -0.0265. The monoisotopic (exact) mass is 394 g/mol. The van der Waals surface area contributed by atoms with E-state index in [1.54, 1.807) is 6.92 Å². The van der Waals surface area contributed by atoms with Gasteiger partial charge < -0.3 is 20.5 Å². The molecule has 0 radical (unpaired) electrons. The minimum absolute atomic E-state index is 0.0265. The summed E-state index contributed by atoms with van der Waals surface area (Å²) in [6.45, 7) is 1.79. The minimum atomic E-state index is -0.706. The molecule has 2 aromatic rings. The number of carbonyl (C=O) groups is 3. The number of thiophene rings is 1. The van der Waals surface area contributed by atoms with E-state index in [9.17, 15) is 18.8 Å². The fraction of sp³-hybridized carbons (Fsp3) is 0.278. The molecule has 27 heavy (non-hydrogen) atoms. The molecule has 0 saturated carbocycles. The molecule has 0 unspecified atom stereocenters. The molecule has 144 valence electrons. The molecule has 0 bridgehead atoms. The van der Waals surface area contributed by atoms with Crippen molar-refractivity contribution >= 4 is 34.1 Å². The van der Waals surface area contributed by atoms with Crippen molar-refractivity contribution in [2.24, 2.45) is 5.73 Å². The molecule has 2 rings (SSSR count). The predicted octanol–water partition coefficient (Wildman–Crippen LogP) is 2.28. The third-order valence-electron chi connectivity index (χ3n) is 3.63. The molecule has 1 aromatic heterocycles. The molecular weight excluding hydrogens is 375 g/mol. The number of hydrogen-bond acceptors (Lipinski definition) is 6. The van der Waals surface area contributed by atoms with Crippen molar-refractivity contribution in [3.63, 3.8) is 0 Å². The average molecular weight is 394 g/mol. The van der Waals surface area contributed by atoms with E-state index in [4.69, 9.17) is 15.2 Å². The Bertz CT molecular complexity index is 848. The summed E-state index contributed by atoms with van der Waals surface area (Å²) in [5.41, 5.74) is 6.36. The SMILES string of the molecule is COCCOC(=O)c1c(NC(=O)Cc2ccc(F)cc2)sc(C(N)=O)c1C. The quantitative estimate of drug-likeness (QED) is 0.528. The van der Waals surface area contributed by atoms with Crippen molar-refractivity contribution in [2.45, 2.75) is 13.3 Å². The van der Waals surface area contributed by atoms with Gasteiger partial charge in [-0.05, 0) is 30.2 Å². The lowest BCUT2D eigenvalue weighted by Crippen LogP contribution is -2.17. The standard InChI is InChI=1S/C18H19FN2O5S/c1-10-14(18(24)26-8-7-25-2)17(27-15(10)16(20)23)21-13(22)9-11-3-5-12(19)6-4-11/h3-6H,7-9H2,1-2H3,(H2,20,23)(H,21,22). The van der Waals surface area contributed by atoms with Crippen molar-refractivity contribution in [3.8, 4) is 0 Å². The number of anilines is 1. The van der Waals surface area contributed by atoms with Crippen LogP contribution in [-0.2, 0) is 20.7 Å². The van der Waals surface area contributed by atoms with E-state index in [1.807, 2.05) is 0 Å². The summed E-state index contributed by atoms with van der Waals surface area (Å²) in [7, 11) is 1.47. The largest absolute Gasteiger partial charge is 0.460 e. The van der Waals surface area contributed by atoms with Crippen molar-refractivity contribution < 1.29 is 28.2 Å². The molecule has 0 saturated heterocycles. The van der Waals surface area contributed by atoms with Crippen LogP contribution in [0.1, 0.15) is 31.2 Å². The van der Waals surface area contributed by atoms with Gasteiger partial charge in [0.2, 0.25) is 5.91 Å². The van der Waals surface area contributed by atoms with Gasteiger partial charge in [0.15, 0.2) is 0 Å². The van der Waals surface area contributed by atoms with Gasteiger partial charge in [-0.15, -0.1) is 11.3 Å². The molecule has 9 heteroatoms. The number of carbonyl (C=O) groups excluding carboxylic acids is 3. The number of nitrogens with two attached hydrogens (primary N) is 1. The van der Waals surface area contributed by atoms with E-state index < -0.39 is 23.6 Å². The van der Waals surface area contributed by atoms with Crippen LogP contribution in [0.5, 0.6) is 0 Å². The number of rotatable bonds is 8. The summed E-state index contributed by atoms with van der Waals surface area (Å²) >= 11 is 0.905. The lowest BCUT2D eigenvalue weighted by Gasteiger charge is -2.08. The van der Waals surface area contributed by atoms with Gasteiger partial charge in [-0.25, -0.2) is 9.18 Å². The number of esters is 1. The normalized spacial score (nSPS) is 10.5. The Morgan fingerprint density at radius 3 is 2.44 bits per heavy atom. The van der Waals surface area contributed by atoms with Crippen molar-refractivity contribution in [2.75, 3.05) is 25.6 Å². The summed E-state index contributed by atoms with van der Waals surface area (Å²) in [4.78, 5) is 36.4. The Morgan fingerprint density at radius 2 is 1.85 bits per heavy atom. The molecule has 0 fully saturated rings. The maximum atomic E-state index is 13.0. The first kappa shape index (κ1) is 20.5. The van der Waals surface area contributed by atoms with Crippen LogP contribution in [0.3, 0.4) is 0 Å². The first-order chi connectivity index (χ1) is 12.8. The number of amides is 2. The number of methoxy groups -OCH3 is 1. The van der Waals surface area contributed by atoms with Gasteiger partial charge in [-0.2, -0.15) is 0 Å². The maximum absolute atomic E-state index is 13.0. The summed E-state index contributed by atoms with van der Waals surface area (Å²) in [5.74, 6) is -2.22. The van der Waals surface area contributed by atoms with Gasteiger partial charge in [0.1, 0.15) is 17.4 Å². The Morgan fingerprint density at radius 1 is 1.19 bits per heavy atom. The number of benzene rings is 1. The van der Waals surface area contributed by atoms with E-state index >= 15 is 0 Å². The molecule has 1 heterocycles. The fourth-order valence-corrected chi connectivity index (χ4v) is 3.39. The highest BCUT2D eigenvalue weighted by Crippen LogP contribution is 2.33. The molecule has 0 spiro atoms.